The fourth-order valence-electron chi connectivity index (χ4n) is 2.85. The smallest absolute Gasteiger partial charge is 0.451 e. The summed E-state index contributed by atoms with van der Waals surface area (Å²) in [5, 5.41) is -6.24. The van der Waals surface area contributed by atoms with E-state index in [1.807, 2.05) is 0 Å². The molecule has 19 heteroatoms. The third-order valence-corrected chi connectivity index (χ3v) is 5.61. The van der Waals surface area contributed by atoms with Gasteiger partial charge in [-0.1, -0.05) is 19.3 Å². The Balaban J connectivity index is 3.29. The Hall–Kier alpha value is -1.89. The summed E-state index contributed by atoms with van der Waals surface area (Å²) in [6.45, 7) is -4.98. The van der Waals surface area contributed by atoms with Crippen LogP contribution in [0.1, 0.15) is 38.5 Å². The molecule has 1 atom stereocenters. The zero-order valence-corrected chi connectivity index (χ0v) is 18.0. The average molecular weight is 560 g/mol. The molecule has 1 N–H and O–H groups in total. The van der Waals surface area contributed by atoms with Crippen LogP contribution in [0, 0.1) is 5.92 Å². The van der Waals surface area contributed by atoms with Crippen molar-refractivity contribution in [3.05, 3.63) is 0 Å². The number of carbonyl (C=O) groups excluding carboxylic acids is 2. The minimum absolute atomic E-state index is 0.0664. The number of esters is 2. The van der Waals surface area contributed by atoms with Crippen LogP contribution in [-0.4, -0.2) is 67.4 Å². The highest BCUT2D eigenvalue weighted by molar-refractivity contribution is 7.87. The lowest BCUT2D eigenvalue weighted by atomic mass is 9.89. The molecule has 0 spiro atoms. The number of hydrogen-bond donors (Lipinski definition) is 1. The second kappa shape index (κ2) is 10.6. The Kier molecular flexibility index (Phi) is 9.44. The van der Waals surface area contributed by atoms with Crippen LogP contribution >= 0.6 is 0 Å². The van der Waals surface area contributed by atoms with E-state index in [-0.39, 0.29) is 12.8 Å². The molecule has 0 saturated heterocycles. The van der Waals surface area contributed by atoms with Crippen LogP contribution in [0.25, 0.3) is 0 Å². The maximum atomic E-state index is 13.8. The van der Waals surface area contributed by atoms with Crippen LogP contribution in [0.15, 0.2) is 0 Å². The fourth-order valence-corrected chi connectivity index (χ4v) is 3.33. The van der Waals surface area contributed by atoms with Gasteiger partial charge < -0.3 is 14.2 Å². The zero-order valence-electron chi connectivity index (χ0n) is 17.2. The van der Waals surface area contributed by atoms with Crippen molar-refractivity contribution >= 4 is 22.1 Å². The molecule has 1 unspecified atom stereocenters. The Morgan fingerprint density at radius 3 is 1.83 bits per heavy atom. The maximum absolute atomic E-state index is 13.8. The minimum Gasteiger partial charge on any atom is -0.451 e. The molecule has 0 aliphatic heterocycles. The molecule has 1 rings (SSSR count). The summed E-state index contributed by atoms with van der Waals surface area (Å²) in [6.07, 6.45) is -13.2. The molecule has 1 saturated carbocycles. The van der Waals surface area contributed by atoms with Crippen molar-refractivity contribution in [1.29, 1.82) is 0 Å². The summed E-state index contributed by atoms with van der Waals surface area (Å²) in [7, 11) is -6.79. The summed E-state index contributed by atoms with van der Waals surface area (Å²) in [4.78, 5) is 24.2. The Labute approximate surface area is 190 Å². The molecule has 1 fully saturated rings. The van der Waals surface area contributed by atoms with E-state index in [9.17, 15) is 61.9 Å². The summed E-state index contributed by atoms with van der Waals surface area (Å²) < 4.78 is 172. The highest BCUT2D eigenvalue weighted by atomic mass is 32.2. The van der Waals surface area contributed by atoms with Gasteiger partial charge in [-0.25, -0.2) is 4.79 Å². The van der Waals surface area contributed by atoms with Crippen molar-refractivity contribution in [3.8, 4) is 0 Å². The van der Waals surface area contributed by atoms with Crippen LogP contribution in [0.5, 0.6) is 0 Å². The molecule has 0 aromatic rings. The summed E-state index contributed by atoms with van der Waals surface area (Å²) in [5.74, 6) is -17.1. The average Bonchev–Trinajstić information content (AvgIpc) is 2.69. The Morgan fingerprint density at radius 2 is 1.40 bits per heavy atom. The SMILES string of the molecule is O=C(OC(OCCC(F)(F)C(F)(F)S(=O)(=O)O)(C(=O)OCC(F)(F)F)C(F)(F)F)C1CCCCC1. The van der Waals surface area contributed by atoms with Gasteiger partial charge in [-0.05, 0) is 12.8 Å². The topological polar surface area (TPSA) is 116 Å². The van der Waals surface area contributed by atoms with Gasteiger partial charge in [-0.3, -0.25) is 9.35 Å². The quantitative estimate of drug-likeness (QED) is 0.185. The van der Waals surface area contributed by atoms with E-state index in [2.05, 4.69) is 14.2 Å². The van der Waals surface area contributed by atoms with Gasteiger partial charge in [0, 0.05) is 6.42 Å². The molecule has 0 bridgehead atoms. The molecular weight excluding hydrogens is 542 g/mol. The summed E-state index contributed by atoms with van der Waals surface area (Å²) in [6, 6.07) is 0. The molecular formula is C16H18F10O8S. The number of alkyl halides is 10. The fraction of sp³-hybridized carbons (Fsp3) is 0.875. The molecule has 0 amide bonds. The first-order chi connectivity index (χ1) is 15.6. The molecule has 1 aliphatic rings. The minimum atomic E-state index is -6.79. The van der Waals surface area contributed by atoms with Crippen molar-refractivity contribution in [1.82, 2.24) is 0 Å². The van der Waals surface area contributed by atoms with Crippen LogP contribution in [0.4, 0.5) is 43.9 Å². The first-order valence-electron chi connectivity index (χ1n) is 9.47. The standard InChI is InChI=1S/C16H18F10O8S/c17-12(18,16(25,26)35(29,30)31)6-7-33-14(15(22,23)24,11(28)32-8-13(19,20)21)34-10(27)9-4-2-1-3-5-9/h9H,1-8H2,(H,29,30,31). The monoisotopic (exact) mass is 560 g/mol. The largest absolute Gasteiger partial charge is 0.468 e. The van der Waals surface area contributed by atoms with Gasteiger partial charge in [0.05, 0.1) is 12.5 Å². The third-order valence-electron chi connectivity index (χ3n) is 4.66. The highest BCUT2D eigenvalue weighted by Crippen LogP contribution is 2.43. The number of rotatable bonds is 10. The lowest BCUT2D eigenvalue weighted by molar-refractivity contribution is -0.360. The van der Waals surface area contributed by atoms with Crippen molar-refractivity contribution < 1.29 is 80.7 Å². The molecule has 8 nitrogen and oxygen atoms in total. The van der Waals surface area contributed by atoms with Crippen molar-refractivity contribution in [2.45, 2.75) is 67.8 Å². The van der Waals surface area contributed by atoms with Gasteiger partial charge in [-0.15, -0.1) is 0 Å². The second-order valence-electron chi connectivity index (χ2n) is 7.36. The van der Waals surface area contributed by atoms with Gasteiger partial charge in [0.15, 0.2) is 6.61 Å². The lowest BCUT2D eigenvalue weighted by Crippen LogP contribution is -2.59. The predicted molar refractivity (Wildman–Crippen MR) is 90.5 cm³/mol. The number of carbonyl (C=O) groups is 2. The van der Waals surface area contributed by atoms with E-state index in [4.69, 9.17) is 4.55 Å². The van der Waals surface area contributed by atoms with Crippen LogP contribution in [0.3, 0.4) is 0 Å². The molecule has 1 aliphatic carbocycles. The molecule has 0 radical (unpaired) electrons. The molecule has 0 heterocycles. The van der Waals surface area contributed by atoms with Crippen LogP contribution < -0.4 is 0 Å². The number of ether oxygens (including phenoxy) is 3. The first kappa shape index (κ1) is 31.1. The molecule has 206 valence electrons. The van der Waals surface area contributed by atoms with Gasteiger partial charge in [0.25, 0.3) is 0 Å². The zero-order chi connectivity index (χ0) is 27.5. The lowest BCUT2D eigenvalue weighted by Gasteiger charge is -2.34. The number of hydrogen-bond acceptors (Lipinski definition) is 7. The normalized spacial score (nSPS) is 18.6. The van der Waals surface area contributed by atoms with E-state index in [0.717, 1.165) is 0 Å². The van der Waals surface area contributed by atoms with E-state index in [0.29, 0.717) is 19.3 Å². The summed E-state index contributed by atoms with van der Waals surface area (Å²) >= 11 is 0. The third kappa shape index (κ3) is 7.55. The van der Waals surface area contributed by atoms with E-state index in [1.54, 1.807) is 0 Å². The first-order valence-corrected chi connectivity index (χ1v) is 10.9. The Morgan fingerprint density at radius 1 is 0.886 bits per heavy atom. The van der Waals surface area contributed by atoms with E-state index >= 15 is 0 Å². The van der Waals surface area contributed by atoms with E-state index in [1.165, 1.54) is 0 Å². The van der Waals surface area contributed by atoms with Gasteiger partial charge in [-0.2, -0.15) is 52.3 Å². The highest BCUT2D eigenvalue weighted by Gasteiger charge is 2.70. The maximum Gasteiger partial charge on any atom is 0.468 e. The predicted octanol–water partition coefficient (Wildman–Crippen LogP) is 4.00. The molecule has 0 aromatic heterocycles. The van der Waals surface area contributed by atoms with Gasteiger partial charge in [0.1, 0.15) is 0 Å². The van der Waals surface area contributed by atoms with E-state index < -0.39 is 76.9 Å². The van der Waals surface area contributed by atoms with Crippen LogP contribution in [0.2, 0.25) is 0 Å². The summed E-state index contributed by atoms with van der Waals surface area (Å²) in [5.41, 5.74) is 0. The Bertz CT molecular complexity index is 865. The second-order valence-corrected chi connectivity index (χ2v) is 8.82. The molecule has 0 aromatic carbocycles. The van der Waals surface area contributed by atoms with Crippen LogP contribution in [-0.2, 0) is 33.9 Å². The number of halogens is 10. The van der Waals surface area contributed by atoms with Crippen molar-refractivity contribution in [3.63, 3.8) is 0 Å². The van der Waals surface area contributed by atoms with Crippen molar-refractivity contribution in [2.24, 2.45) is 5.92 Å². The van der Waals surface area contributed by atoms with Gasteiger partial charge in [0.2, 0.25) is 0 Å². The van der Waals surface area contributed by atoms with Crippen molar-refractivity contribution in [2.75, 3.05) is 13.2 Å². The van der Waals surface area contributed by atoms with Gasteiger partial charge >= 0.3 is 51.4 Å². The molecule has 35 heavy (non-hydrogen) atoms.